The van der Waals surface area contributed by atoms with Crippen LogP contribution in [0.15, 0.2) is 59.0 Å². The molecule has 1 heterocycles. The Labute approximate surface area is 186 Å². The minimum absolute atomic E-state index is 0.276. The highest BCUT2D eigenvalue weighted by atomic mass is 35.5. The predicted octanol–water partition coefficient (Wildman–Crippen LogP) is 7.28. The third kappa shape index (κ3) is 4.51. The van der Waals surface area contributed by atoms with Crippen LogP contribution in [0.5, 0.6) is 0 Å². The molecular formula is C21H12Cl4N2O2. The summed E-state index contributed by atoms with van der Waals surface area (Å²) in [4.78, 5) is 16.8. The average Bonchev–Trinajstić information content (AvgIpc) is 3.08. The molecule has 1 aromatic heterocycles. The highest BCUT2D eigenvalue weighted by molar-refractivity contribution is 6.42. The van der Waals surface area contributed by atoms with Gasteiger partial charge in [0.1, 0.15) is 5.52 Å². The maximum absolute atomic E-state index is 12.4. The van der Waals surface area contributed by atoms with Crippen molar-refractivity contribution >= 4 is 69.1 Å². The number of carbonyl (C=O) groups is 1. The van der Waals surface area contributed by atoms with Crippen molar-refractivity contribution in [2.24, 2.45) is 0 Å². The van der Waals surface area contributed by atoms with Gasteiger partial charge in [-0.3, -0.25) is 4.79 Å². The molecule has 0 spiro atoms. The van der Waals surface area contributed by atoms with Crippen LogP contribution in [-0.4, -0.2) is 10.9 Å². The number of halogens is 4. The van der Waals surface area contributed by atoms with Gasteiger partial charge in [0.15, 0.2) is 11.5 Å². The van der Waals surface area contributed by atoms with Crippen LogP contribution in [0, 0.1) is 0 Å². The first-order valence-corrected chi connectivity index (χ1v) is 10.00. The van der Waals surface area contributed by atoms with Gasteiger partial charge in [0.25, 0.3) is 5.91 Å². The van der Waals surface area contributed by atoms with Crippen LogP contribution in [0.25, 0.3) is 11.1 Å². The van der Waals surface area contributed by atoms with E-state index in [-0.39, 0.29) is 5.91 Å². The molecule has 29 heavy (non-hydrogen) atoms. The van der Waals surface area contributed by atoms with Gasteiger partial charge in [-0.1, -0.05) is 58.5 Å². The van der Waals surface area contributed by atoms with Gasteiger partial charge in [-0.05, 0) is 48.0 Å². The van der Waals surface area contributed by atoms with E-state index in [1.807, 2.05) is 12.1 Å². The first-order valence-electron chi connectivity index (χ1n) is 8.49. The number of amides is 1. The molecule has 8 heteroatoms. The van der Waals surface area contributed by atoms with Crippen molar-refractivity contribution in [1.82, 2.24) is 4.98 Å². The molecule has 146 valence electrons. The monoisotopic (exact) mass is 464 g/mol. The van der Waals surface area contributed by atoms with Crippen molar-refractivity contribution in [3.05, 3.63) is 91.7 Å². The van der Waals surface area contributed by atoms with E-state index in [2.05, 4.69) is 10.3 Å². The Morgan fingerprint density at radius 2 is 1.66 bits per heavy atom. The number of nitrogens with zero attached hydrogens (tertiary/aromatic N) is 1. The summed E-state index contributed by atoms with van der Waals surface area (Å²) in [5.41, 5.74) is 3.16. The standard InChI is InChI=1S/C21H12Cl4N2O2/c22-13-9-17(25)20-18(10-13)27-19(29-20)7-11-1-4-14(5-2-11)26-21(28)12-3-6-15(23)16(24)8-12/h1-6,8-10H,7H2,(H,26,28). The lowest BCUT2D eigenvalue weighted by Gasteiger charge is -2.07. The maximum Gasteiger partial charge on any atom is 0.255 e. The van der Waals surface area contributed by atoms with E-state index in [1.165, 1.54) is 6.07 Å². The second-order valence-corrected chi connectivity index (χ2v) is 7.96. The van der Waals surface area contributed by atoms with Crippen molar-refractivity contribution in [3.63, 3.8) is 0 Å². The molecule has 0 bridgehead atoms. The minimum Gasteiger partial charge on any atom is -0.439 e. The second-order valence-electron chi connectivity index (χ2n) is 6.30. The van der Waals surface area contributed by atoms with Crippen molar-refractivity contribution in [1.29, 1.82) is 0 Å². The highest BCUT2D eigenvalue weighted by Crippen LogP contribution is 2.29. The largest absolute Gasteiger partial charge is 0.439 e. The Bertz CT molecular complexity index is 1220. The van der Waals surface area contributed by atoms with E-state index in [4.69, 9.17) is 50.8 Å². The number of carbonyl (C=O) groups excluding carboxylic acids is 1. The maximum atomic E-state index is 12.4. The van der Waals surface area contributed by atoms with Crippen LogP contribution in [0.4, 0.5) is 5.69 Å². The zero-order valence-corrected chi connectivity index (χ0v) is 17.7. The van der Waals surface area contributed by atoms with Gasteiger partial charge >= 0.3 is 0 Å². The third-order valence-electron chi connectivity index (χ3n) is 4.20. The number of aromatic nitrogens is 1. The molecule has 0 saturated carbocycles. The minimum atomic E-state index is -0.276. The molecule has 1 amide bonds. The van der Waals surface area contributed by atoms with E-state index in [9.17, 15) is 4.79 Å². The van der Waals surface area contributed by atoms with Crippen LogP contribution in [0.1, 0.15) is 21.8 Å². The lowest BCUT2D eigenvalue weighted by atomic mass is 10.1. The molecular weight excluding hydrogens is 454 g/mol. The van der Waals surface area contributed by atoms with Gasteiger partial charge < -0.3 is 9.73 Å². The summed E-state index contributed by atoms with van der Waals surface area (Å²) in [6.07, 6.45) is 0.476. The molecule has 0 saturated heterocycles. The Morgan fingerprint density at radius 1 is 0.897 bits per heavy atom. The Kier molecular flexibility index (Phi) is 5.70. The molecule has 0 unspecified atom stereocenters. The van der Waals surface area contributed by atoms with Crippen molar-refractivity contribution in [3.8, 4) is 0 Å². The number of rotatable bonds is 4. The Balaban J connectivity index is 1.47. The molecule has 0 fully saturated rings. The molecule has 0 aliphatic heterocycles. The van der Waals surface area contributed by atoms with Gasteiger partial charge in [-0.25, -0.2) is 4.98 Å². The topological polar surface area (TPSA) is 55.1 Å². The molecule has 4 aromatic rings. The van der Waals surface area contributed by atoms with Crippen LogP contribution >= 0.6 is 46.4 Å². The van der Waals surface area contributed by atoms with Crippen LogP contribution in [-0.2, 0) is 6.42 Å². The first kappa shape index (κ1) is 20.0. The number of oxazole rings is 1. The van der Waals surface area contributed by atoms with Gasteiger partial charge in [0.2, 0.25) is 0 Å². The van der Waals surface area contributed by atoms with Crippen LogP contribution in [0.2, 0.25) is 20.1 Å². The number of anilines is 1. The molecule has 0 atom stereocenters. The van der Waals surface area contributed by atoms with Gasteiger partial charge in [-0.2, -0.15) is 0 Å². The third-order valence-corrected chi connectivity index (χ3v) is 5.44. The smallest absolute Gasteiger partial charge is 0.255 e. The van der Waals surface area contributed by atoms with E-state index < -0.39 is 0 Å². The number of fused-ring (bicyclic) bond motifs is 1. The SMILES string of the molecule is O=C(Nc1ccc(Cc2nc3cc(Cl)cc(Cl)c3o2)cc1)c1ccc(Cl)c(Cl)c1. The Hall–Kier alpha value is -2.24. The zero-order valence-electron chi connectivity index (χ0n) is 14.7. The molecule has 4 nitrogen and oxygen atoms in total. The van der Waals surface area contributed by atoms with Gasteiger partial charge in [0.05, 0.1) is 15.1 Å². The van der Waals surface area contributed by atoms with Crippen molar-refractivity contribution in [2.45, 2.75) is 6.42 Å². The summed E-state index contributed by atoms with van der Waals surface area (Å²) in [6.45, 7) is 0. The Morgan fingerprint density at radius 3 is 2.38 bits per heavy atom. The fourth-order valence-electron chi connectivity index (χ4n) is 2.80. The van der Waals surface area contributed by atoms with Crippen LogP contribution in [0.3, 0.4) is 0 Å². The fourth-order valence-corrected chi connectivity index (χ4v) is 3.62. The summed E-state index contributed by atoms with van der Waals surface area (Å²) in [5, 5.41) is 4.47. The van der Waals surface area contributed by atoms with E-state index in [0.717, 1.165) is 5.56 Å². The highest BCUT2D eigenvalue weighted by Gasteiger charge is 2.12. The number of hydrogen-bond donors (Lipinski definition) is 1. The van der Waals surface area contributed by atoms with Crippen LogP contribution < -0.4 is 5.32 Å². The molecule has 1 N–H and O–H groups in total. The van der Waals surface area contributed by atoms with E-state index >= 15 is 0 Å². The summed E-state index contributed by atoms with van der Waals surface area (Å²) < 4.78 is 5.74. The van der Waals surface area contributed by atoms with Crippen molar-refractivity contribution < 1.29 is 9.21 Å². The molecule has 3 aromatic carbocycles. The molecule has 4 rings (SSSR count). The van der Waals surface area contributed by atoms with E-state index in [1.54, 1.807) is 36.4 Å². The fraction of sp³-hybridized carbons (Fsp3) is 0.0476. The van der Waals surface area contributed by atoms with Gasteiger partial charge in [-0.15, -0.1) is 0 Å². The lowest BCUT2D eigenvalue weighted by molar-refractivity contribution is 0.102. The summed E-state index contributed by atoms with van der Waals surface area (Å²) in [7, 11) is 0. The molecule has 0 radical (unpaired) electrons. The summed E-state index contributed by atoms with van der Waals surface area (Å²) >= 11 is 24.0. The normalized spacial score (nSPS) is 11.0. The zero-order chi connectivity index (χ0) is 20.5. The number of nitrogens with one attached hydrogen (secondary N) is 1. The molecule has 0 aliphatic carbocycles. The lowest BCUT2D eigenvalue weighted by Crippen LogP contribution is -2.11. The quantitative estimate of drug-likeness (QED) is 0.344. The van der Waals surface area contributed by atoms with Crippen molar-refractivity contribution in [2.75, 3.05) is 5.32 Å². The van der Waals surface area contributed by atoms with Gasteiger partial charge in [0, 0.05) is 22.7 Å². The summed E-state index contributed by atoms with van der Waals surface area (Å²) in [5.74, 6) is 0.249. The predicted molar refractivity (Wildman–Crippen MR) is 118 cm³/mol. The summed E-state index contributed by atoms with van der Waals surface area (Å²) in [6, 6.07) is 15.4. The second kappa shape index (κ2) is 8.25. The first-order chi connectivity index (χ1) is 13.9. The van der Waals surface area contributed by atoms with E-state index in [0.29, 0.717) is 54.8 Å². The number of hydrogen-bond acceptors (Lipinski definition) is 3. The number of benzene rings is 3. The molecule has 0 aliphatic rings. The average molecular weight is 466 g/mol.